The Kier molecular flexibility index (Phi) is 8.41. The molecule has 0 aliphatic rings. The van der Waals surface area contributed by atoms with Crippen molar-refractivity contribution in [1.82, 2.24) is 10.3 Å². The Morgan fingerprint density at radius 3 is 2.41 bits per heavy atom. The van der Waals surface area contributed by atoms with Gasteiger partial charge < -0.3 is 26.1 Å². The zero-order chi connectivity index (χ0) is 27.3. The van der Waals surface area contributed by atoms with E-state index in [4.69, 9.17) is 10.5 Å². The smallest absolute Gasteiger partial charge is 0.300 e. The minimum absolute atomic E-state index is 0.237. The Bertz CT molecular complexity index is 1420. The van der Waals surface area contributed by atoms with Gasteiger partial charge in [0.15, 0.2) is 0 Å². The molecule has 0 radical (unpaired) electrons. The molecule has 5 N–H and O–H groups in total. The highest BCUT2D eigenvalue weighted by atomic mass is 16.5. The molecule has 37 heavy (non-hydrogen) atoms. The first-order chi connectivity index (χ1) is 17.6. The minimum Gasteiger partial charge on any atom is -0.496 e. The van der Waals surface area contributed by atoms with Gasteiger partial charge in [-0.25, -0.2) is 0 Å². The number of nitrogens with two attached hydrogens (primary N) is 1. The first kappa shape index (κ1) is 27.1. The van der Waals surface area contributed by atoms with Gasteiger partial charge in [-0.2, -0.15) is 0 Å². The number of carbonyl (C=O) groups excluding carboxylic acids is 3. The number of hydrogen-bond donors (Lipinski definition) is 4. The maximum atomic E-state index is 12.7. The molecule has 192 valence electrons. The van der Waals surface area contributed by atoms with Gasteiger partial charge in [0.05, 0.1) is 12.7 Å². The predicted molar refractivity (Wildman–Crippen MR) is 145 cm³/mol. The summed E-state index contributed by atoms with van der Waals surface area (Å²) in [7, 11) is 1.50. The third-order valence-electron chi connectivity index (χ3n) is 5.83. The molecule has 2 aromatic carbocycles. The number of aryl methyl sites for hydroxylation is 2. The molecule has 0 atom stereocenters. The molecule has 0 fully saturated rings. The van der Waals surface area contributed by atoms with E-state index in [0.717, 1.165) is 22.4 Å². The highest BCUT2D eigenvalue weighted by molar-refractivity contribution is 6.06. The third-order valence-corrected chi connectivity index (χ3v) is 5.83. The van der Waals surface area contributed by atoms with Crippen LogP contribution < -0.4 is 21.1 Å². The fourth-order valence-corrected chi connectivity index (χ4v) is 4.16. The van der Waals surface area contributed by atoms with Crippen molar-refractivity contribution in [1.29, 1.82) is 0 Å². The van der Waals surface area contributed by atoms with Crippen molar-refractivity contribution in [2.45, 2.75) is 34.6 Å². The van der Waals surface area contributed by atoms with Crippen LogP contribution in [0.1, 0.15) is 52.9 Å². The molecule has 0 aliphatic heterocycles. The Morgan fingerprint density at radius 1 is 1.08 bits per heavy atom. The second kappa shape index (κ2) is 11.5. The van der Waals surface area contributed by atoms with Gasteiger partial charge in [-0.15, -0.1) is 0 Å². The van der Waals surface area contributed by atoms with Crippen LogP contribution in [0.5, 0.6) is 5.75 Å². The van der Waals surface area contributed by atoms with Crippen molar-refractivity contribution >= 4 is 23.4 Å². The fourth-order valence-electron chi connectivity index (χ4n) is 4.16. The molecule has 0 aliphatic carbocycles. The number of H-pyrrole nitrogens is 1. The number of aromatic amines is 1. The average Bonchev–Trinajstić information content (AvgIpc) is 3.19. The van der Waals surface area contributed by atoms with Crippen molar-refractivity contribution in [3.8, 4) is 39.8 Å². The number of benzene rings is 2. The number of carbonyl (C=O) groups is 3. The predicted octanol–water partition coefficient (Wildman–Crippen LogP) is 4.42. The van der Waals surface area contributed by atoms with Crippen LogP contribution in [-0.2, 0) is 4.79 Å². The standard InChI is InChI=1S/C29H32N4O4/c1-7-8-24(34)33-20-10-12-21(17(4)13-20)25-18(5)32-27(28(30)35)26(25)19-9-11-22(23(14-19)37-6)29(36)31-15-16(2)3/h9-14,16,32H,15H2,1-6H3,(H2,30,35)(H,31,36)(H,33,34). The van der Waals surface area contributed by atoms with Gasteiger partial charge >= 0.3 is 0 Å². The van der Waals surface area contributed by atoms with Gasteiger partial charge in [-0.1, -0.05) is 31.9 Å². The van der Waals surface area contributed by atoms with Crippen LogP contribution in [0.15, 0.2) is 36.4 Å². The number of amides is 3. The Morgan fingerprint density at radius 2 is 1.81 bits per heavy atom. The molecule has 1 heterocycles. The molecule has 3 rings (SSSR count). The van der Waals surface area contributed by atoms with Crippen LogP contribution in [0.2, 0.25) is 0 Å². The summed E-state index contributed by atoms with van der Waals surface area (Å²) in [5, 5.41) is 5.65. The first-order valence-corrected chi connectivity index (χ1v) is 11.9. The van der Waals surface area contributed by atoms with Crippen LogP contribution in [0.4, 0.5) is 5.69 Å². The summed E-state index contributed by atoms with van der Waals surface area (Å²) in [6.07, 6.45) is 0. The zero-order valence-corrected chi connectivity index (χ0v) is 22.0. The molecule has 0 saturated carbocycles. The van der Waals surface area contributed by atoms with Gasteiger partial charge in [0, 0.05) is 29.1 Å². The van der Waals surface area contributed by atoms with Gasteiger partial charge in [-0.05, 0) is 73.6 Å². The van der Waals surface area contributed by atoms with Gasteiger partial charge in [-0.3, -0.25) is 14.4 Å². The number of aromatic nitrogens is 1. The van der Waals surface area contributed by atoms with E-state index >= 15 is 0 Å². The number of methoxy groups -OCH3 is 1. The molecule has 8 heteroatoms. The van der Waals surface area contributed by atoms with Crippen molar-refractivity contribution in [3.63, 3.8) is 0 Å². The maximum absolute atomic E-state index is 12.7. The van der Waals surface area contributed by atoms with Crippen LogP contribution in [-0.4, -0.2) is 36.4 Å². The van der Waals surface area contributed by atoms with Gasteiger partial charge in [0.1, 0.15) is 11.4 Å². The summed E-state index contributed by atoms with van der Waals surface area (Å²) < 4.78 is 5.55. The number of rotatable bonds is 8. The van der Waals surface area contributed by atoms with Crippen LogP contribution in [0.25, 0.3) is 22.3 Å². The summed E-state index contributed by atoms with van der Waals surface area (Å²) in [6.45, 7) is 9.95. The number of ether oxygens (including phenoxy) is 1. The molecule has 3 aromatic rings. The van der Waals surface area contributed by atoms with Crippen molar-refractivity contribution in [2.24, 2.45) is 11.7 Å². The van der Waals surface area contributed by atoms with Crippen LogP contribution in [0.3, 0.4) is 0 Å². The van der Waals surface area contributed by atoms with Gasteiger partial charge in [0.2, 0.25) is 0 Å². The van der Waals surface area contributed by atoms with Crippen molar-refractivity contribution in [3.05, 3.63) is 58.9 Å². The van der Waals surface area contributed by atoms with Crippen molar-refractivity contribution in [2.75, 3.05) is 19.0 Å². The molecular weight excluding hydrogens is 468 g/mol. The molecule has 0 spiro atoms. The lowest BCUT2D eigenvalue weighted by Crippen LogP contribution is -2.27. The molecule has 0 bridgehead atoms. The minimum atomic E-state index is -0.609. The van der Waals surface area contributed by atoms with Crippen LogP contribution in [0, 0.1) is 31.6 Å². The molecular formula is C29H32N4O4. The summed E-state index contributed by atoms with van der Waals surface area (Å²) in [5.41, 5.74) is 11.5. The second-order valence-corrected chi connectivity index (χ2v) is 9.12. The van der Waals surface area contributed by atoms with Gasteiger partial charge in [0.25, 0.3) is 17.7 Å². The van der Waals surface area contributed by atoms with E-state index in [1.54, 1.807) is 31.2 Å². The van der Waals surface area contributed by atoms with E-state index in [1.165, 1.54) is 7.11 Å². The second-order valence-electron chi connectivity index (χ2n) is 9.12. The largest absolute Gasteiger partial charge is 0.496 e. The highest BCUT2D eigenvalue weighted by Gasteiger charge is 2.24. The Hall–Kier alpha value is -4.51. The number of anilines is 1. The quantitative estimate of drug-likeness (QED) is 0.342. The van der Waals surface area contributed by atoms with E-state index in [-0.39, 0.29) is 11.6 Å². The molecule has 1 aromatic heterocycles. The Balaban J connectivity index is 2.13. The zero-order valence-electron chi connectivity index (χ0n) is 22.0. The van der Waals surface area contributed by atoms with Crippen molar-refractivity contribution < 1.29 is 19.1 Å². The van der Waals surface area contributed by atoms with E-state index in [9.17, 15) is 14.4 Å². The summed E-state index contributed by atoms with van der Waals surface area (Å²) in [6, 6.07) is 10.7. The molecule has 0 saturated heterocycles. The lowest BCUT2D eigenvalue weighted by molar-refractivity contribution is -0.111. The van der Waals surface area contributed by atoms with E-state index in [2.05, 4.69) is 27.5 Å². The van der Waals surface area contributed by atoms with Crippen LogP contribution >= 0.6 is 0 Å². The normalized spacial score (nSPS) is 10.5. The third kappa shape index (κ3) is 6.01. The van der Waals surface area contributed by atoms with E-state index < -0.39 is 11.8 Å². The number of hydrogen-bond acceptors (Lipinski definition) is 4. The molecule has 3 amide bonds. The first-order valence-electron chi connectivity index (χ1n) is 11.9. The topological polar surface area (TPSA) is 126 Å². The number of primary amides is 1. The number of nitrogens with one attached hydrogen (secondary N) is 3. The molecule has 8 nitrogen and oxygen atoms in total. The lowest BCUT2D eigenvalue weighted by atomic mass is 9.91. The molecule has 0 unspecified atom stereocenters. The lowest BCUT2D eigenvalue weighted by Gasteiger charge is -2.15. The maximum Gasteiger partial charge on any atom is 0.300 e. The van der Waals surface area contributed by atoms with E-state index in [0.29, 0.717) is 40.6 Å². The summed E-state index contributed by atoms with van der Waals surface area (Å²) >= 11 is 0. The monoisotopic (exact) mass is 500 g/mol. The highest BCUT2D eigenvalue weighted by Crippen LogP contribution is 2.41. The fraction of sp³-hybridized carbons (Fsp3) is 0.276. The average molecular weight is 501 g/mol. The SMILES string of the molecule is CC#CC(=O)Nc1ccc(-c2c(C)[nH]c(C(N)=O)c2-c2ccc(C(=O)NCC(C)C)c(OC)c2)c(C)c1. The Labute approximate surface area is 217 Å². The summed E-state index contributed by atoms with van der Waals surface area (Å²) in [5.74, 6) is 4.47. The summed E-state index contributed by atoms with van der Waals surface area (Å²) in [4.78, 5) is 40.2. The van der Waals surface area contributed by atoms with E-state index in [1.807, 2.05) is 39.8 Å².